The van der Waals surface area contributed by atoms with Crippen LogP contribution in [0.4, 0.5) is 43.7 Å². The van der Waals surface area contributed by atoms with Gasteiger partial charge in [0.2, 0.25) is 0 Å². The summed E-state index contributed by atoms with van der Waals surface area (Å²) in [6.07, 6.45) is -9.98. The standard InChI is InChI=1S/C17H11BrF6N6S/c1-29-27-14(26-28-29)30(13-4-2-11(18)3-5-13)15(31)25-12-7-9(16(19,20)21)6-10(8-12)17(22,23)24/h2-8H,1H3,(H,25,31). The zero-order valence-corrected chi connectivity index (χ0v) is 17.7. The number of tetrazole rings is 1. The van der Waals surface area contributed by atoms with Gasteiger partial charge < -0.3 is 5.32 Å². The molecule has 0 saturated carbocycles. The van der Waals surface area contributed by atoms with E-state index in [1.807, 2.05) is 0 Å². The fraction of sp³-hybridized carbons (Fsp3) is 0.176. The molecule has 0 amide bonds. The van der Waals surface area contributed by atoms with Crippen LogP contribution in [0, 0.1) is 0 Å². The predicted octanol–water partition coefficient (Wildman–Crippen LogP) is 5.55. The maximum atomic E-state index is 13.1. The molecule has 31 heavy (non-hydrogen) atoms. The molecule has 164 valence electrons. The van der Waals surface area contributed by atoms with Gasteiger partial charge in [-0.15, -0.1) is 5.10 Å². The second-order valence-electron chi connectivity index (χ2n) is 6.12. The van der Waals surface area contributed by atoms with Gasteiger partial charge in [-0.1, -0.05) is 21.0 Å². The zero-order valence-electron chi connectivity index (χ0n) is 15.3. The number of aromatic nitrogens is 4. The Hall–Kier alpha value is -2.74. The van der Waals surface area contributed by atoms with Gasteiger partial charge in [-0.25, -0.2) is 0 Å². The van der Waals surface area contributed by atoms with Crippen molar-refractivity contribution < 1.29 is 26.3 Å². The molecule has 0 radical (unpaired) electrons. The molecule has 0 aliphatic rings. The number of rotatable bonds is 3. The van der Waals surface area contributed by atoms with Crippen LogP contribution >= 0.6 is 28.1 Å². The Morgan fingerprint density at radius 3 is 2.00 bits per heavy atom. The fourth-order valence-corrected chi connectivity index (χ4v) is 3.05. The highest BCUT2D eigenvalue weighted by molar-refractivity contribution is 9.10. The number of anilines is 3. The summed E-state index contributed by atoms with van der Waals surface area (Å²) < 4.78 is 79.5. The highest BCUT2D eigenvalue weighted by atomic mass is 79.9. The molecule has 0 atom stereocenters. The predicted molar refractivity (Wildman–Crippen MR) is 108 cm³/mol. The van der Waals surface area contributed by atoms with E-state index in [9.17, 15) is 26.3 Å². The molecule has 6 nitrogen and oxygen atoms in total. The quantitative estimate of drug-likeness (QED) is 0.358. The number of aryl methyl sites for hydroxylation is 1. The zero-order chi connectivity index (χ0) is 23.0. The van der Waals surface area contributed by atoms with Gasteiger partial charge in [0.05, 0.1) is 23.9 Å². The molecule has 1 N–H and O–H groups in total. The average Bonchev–Trinajstić information content (AvgIpc) is 3.07. The molecule has 0 aliphatic heterocycles. The van der Waals surface area contributed by atoms with Crippen LogP contribution in [0.2, 0.25) is 0 Å². The van der Waals surface area contributed by atoms with E-state index in [0.717, 1.165) is 9.27 Å². The van der Waals surface area contributed by atoms with Crippen molar-refractivity contribution in [3.8, 4) is 0 Å². The largest absolute Gasteiger partial charge is 0.416 e. The molecule has 3 rings (SSSR count). The molecule has 14 heteroatoms. The third-order valence-corrected chi connectivity index (χ3v) is 4.64. The summed E-state index contributed by atoms with van der Waals surface area (Å²) in [5.74, 6) is -0.0367. The van der Waals surface area contributed by atoms with Gasteiger partial charge in [-0.3, -0.25) is 4.90 Å². The minimum absolute atomic E-state index is 0.0327. The van der Waals surface area contributed by atoms with E-state index in [-0.39, 0.29) is 17.1 Å². The minimum Gasteiger partial charge on any atom is -0.332 e. The molecule has 0 unspecified atom stereocenters. The monoisotopic (exact) mass is 524 g/mol. The Morgan fingerprint density at radius 1 is 1.00 bits per heavy atom. The average molecular weight is 525 g/mol. The van der Waals surface area contributed by atoms with Crippen LogP contribution in [0.25, 0.3) is 0 Å². The van der Waals surface area contributed by atoms with Crippen LogP contribution in [-0.2, 0) is 19.4 Å². The van der Waals surface area contributed by atoms with E-state index in [1.165, 1.54) is 11.9 Å². The molecule has 0 bridgehead atoms. The fourth-order valence-electron chi connectivity index (χ4n) is 2.48. The van der Waals surface area contributed by atoms with Gasteiger partial charge in [0, 0.05) is 10.2 Å². The number of benzene rings is 2. The van der Waals surface area contributed by atoms with E-state index in [4.69, 9.17) is 12.2 Å². The van der Waals surface area contributed by atoms with Crippen molar-refractivity contribution in [3.63, 3.8) is 0 Å². The third-order valence-electron chi connectivity index (χ3n) is 3.82. The summed E-state index contributed by atoms with van der Waals surface area (Å²) in [5.41, 5.74) is -3.05. The van der Waals surface area contributed by atoms with Crippen LogP contribution in [0.15, 0.2) is 46.9 Å². The van der Waals surface area contributed by atoms with Crippen molar-refractivity contribution in [1.29, 1.82) is 0 Å². The summed E-state index contributed by atoms with van der Waals surface area (Å²) in [7, 11) is 1.48. The lowest BCUT2D eigenvalue weighted by atomic mass is 10.1. The van der Waals surface area contributed by atoms with E-state index < -0.39 is 29.2 Å². The molecule has 0 spiro atoms. The highest BCUT2D eigenvalue weighted by Crippen LogP contribution is 2.38. The lowest BCUT2D eigenvalue weighted by molar-refractivity contribution is -0.143. The van der Waals surface area contributed by atoms with E-state index in [2.05, 4.69) is 36.7 Å². The lowest BCUT2D eigenvalue weighted by Gasteiger charge is -2.23. The molecule has 1 aromatic heterocycles. The summed E-state index contributed by atoms with van der Waals surface area (Å²) in [6.45, 7) is 0. The molecule has 0 saturated heterocycles. The van der Waals surface area contributed by atoms with Gasteiger partial charge in [0.25, 0.3) is 5.95 Å². The first kappa shape index (κ1) is 22.9. The van der Waals surface area contributed by atoms with Crippen molar-refractivity contribution in [2.45, 2.75) is 12.4 Å². The Morgan fingerprint density at radius 2 is 1.55 bits per heavy atom. The van der Waals surface area contributed by atoms with E-state index >= 15 is 0 Å². The second kappa shape index (κ2) is 8.42. The molecule has 3 aromatic rings. The van der Waals surface area contributed by atoms with Gasteiger partial charge in [0.15, 0.2) is 5.11 Å². The van der Waals surface area contributed by atoms with Crippen molar-refractivity contribution in [1.82, 2.24) is 20.2 Å². The first-order chi connectivity index (χ1) is 14.3. The minimum atomic E-state index is -4.99. The van der Waals surface area contributed by atoms with Gasteiger partial charge in [-0.2, -0.15) is 31.1 Å². The van der Waals surface area contributed by atoms with Crippen molar-refractivity contribution in [2.75, 3.05) is 10.2 Å². The molecule has 0 fully saturated rings. The van der Waals surface area contributed by atoms with Crippen LogP contribution < -0.4 is 10.2 Å². The van der Waals surface area contributed by atoms with Crippen molar-refractivity contribution in [2.24, 2.45) is 7.05 Å². The SMILES string of the molecule is Cn1nnc(N(C(=S)Nc2cc(C(F)(F)F)cc(C(F)(F)F)c2)c2ccc(Br)cc2)n1. The normalized spacial score (nSPS) is 12.0. The highest BCUT2D eigenvalue weighted by Gasteiger charge is 2.37. The second-order valence-corrected chi connectivity index (χ2v) is 7.42. The lowest BCUT2D eigenvalue weighted by Crippen LogP contribution is -2.31. The summed E-state index contributed by atoms with van der Waals surface area (Å²) in [6, 6.07) is 7.62. The Labute approximate surface area is 185 Å². The third kappa shape index (κ3) is 5.50. The number of hydrogen-bond acceptors (Lipinski definition) is 4. The van der Waals surface area contributed by atoms with E-state index in [1.54, 1.807) is 24.3 Å². The Bertz CT molecular complexity index is 1060. The number of nitrogens with one attached hydrogen (secondary N) is 1. The Kier molecular flexibility index (Phi) is 6.23. The molecule has 1 heterocycles. The van der Waals surface area contributed by atoms with Crippen molar-refractivity contribution in [3.05, 3.63) is 58.1 Å². The van der Waals surface area contributed by atoms with Gasteiger partial charge in [-0.05, 0) is 59.9 Å². The molecular formula is C17H11BrF6N6S. The van der Waals surface area contributed by atoms with Gasteiger partial charge >= 0.3 is 12.4 Å². The van der Waals surface area contributed by atoms with Crippen LogP contribution in [-0.4, -0.2) is 25.3 Å². The summed E-state index contributed by atoms with van der Waals surface area (Å²) in [5, 5.41) is 13.7. The maximum Gasteiger partial charge on any atom is 0.416 e. The molecule has 2 aromatic carbocycles. The number of nitrogens with zero attached hydrogens (tertiary/aromatic N) is 5. The van der Waals surface area contributed by atoms with Crippen molar-refractivity contribution >= 4 is 50.6 Å². The first-order valence-electron chi connectivity index (χ1n) is 8.25. The number of thiocarbonyl (C=S) groups is 1. The Balaban J connectivity index is 2.02. The van der Waals surface area contributed by atoms with Crippen LogP contribution in [0.1, 0.15) is 11.1 Å². The number of alkyl halides is 6. The summed E-state index contributed by atoms with van der Waals surface area (Å²) in [4.78, 5) is 2.35. The van der Waals surface area contributed by atoms with Crippen LogP contribution in [0.3, 0.4) is 0 Å². The first-order valence-corrected chi connectivity index (χ1v) is 9.45. The maximum absolute atomic E-state index is 13.1. The summed E-state index contributed by atoms with van der Waals surface area (Å²) >= 11 is 8.53. The smallest absolute Gasteiger partial charge is 0.332 e. The topological polar surface area (TPSA) is 58.9 Å². The number of hydrogen-bond donors (Lipinski definition) is 1. The molecule has 0 aliphatic carbocycles. The van der Waals surface area contributed by atoms with Crippen LogP contribution in [0.5, 0.6) is 0 Å². The number of halogens is 7. The van der Waals surface area contributed by atoms with E-state index in [0.29, 0.717) is 17.8 Å². The van der Waals surface area contributed by atoms with Gasteiger partial charge in [0.1, 0.15) is 0 Å². The molecular weight excluding hydrogens is 514 g/mol.